The van der Waals surface area contributed by atoms with E-state index in [1.807, 2.05) is 12.2 Å². The molecule has 0 atom stereocenters. The van der Waals surface area contributed by atoms with Gasteiger partial charge in [-0.2, -0.15) is 5.26 Å². The van der Waals surface area contributed by atoms with E-state index in [0.29, 0.717) is 29.1 Å². The molecule has 128 valence electrons. The number of ether oxygens (including phenoxy) is 2. The van der Waals surface area contributed by atoms with Crippen LogP contribution in [0.1, 0.15) is 36.9 Å². The van der Waals surface area contributed by atoms with E-state index in [0.717, 1.165) is 25.7 Å². The number of methoxy groups -OCH3 is 1. The smallest absolute Gasteiger partial charge is 0.213 e. The number of pyridine rings is 1. The summed E-state index contributed by atoms with van der Waals surface area (Å²) in [6, 6.07) is 5.60. The fourth-order valence-electron chi connectivity index (χ4n) is 3.53. The molecule has 5 rings (SSSR count). The summed E-state index contributed by atoms with van der Waals surface area (Å²) in [6.07, 6.45) is 7.58. The van der Waals surface area contributed by atoms with Gasteiger partial charge in [-0.25, -0.2) is 4.98 Å². The molecule has 0 radical (unpaired) electrons. The third-order valence-corrected chi connectivity index (χ3v) is 5.22. The van der Waals surface area contributed by atoms with Crippen molar-refractivity contribution in [3.63, 3.8) is 0 Å². The summed E-state index contributed by atoms with van der Waals surface area (Å²) in [7, 11) is 1.55. The molecule has 3 fully saturated rings. The predicted molar refractivity (Wildman–Crippen MR) is 91.7 cm³/mol. The quantitative estimate of drug-likeness (QED) is 0.912. The van der Waals surface area contributed by atoms with E-state index in [-0.39, 0.29) is 16.8 Å². The normalized spacial score (nSPS) is 28.4. The van der Waals surface area contributed by atoms with Crippen molar-refractivity contribution in [3.05, 3.63) is 29.5 Å². The molecule has 0 amide bonds. The van der Waals surface area contributed by atoms with Crippen LogP contribution in [-0.4, -0.2) is 40.0 Å². The average molecular weight is 337 g/mol. The molecule has 3 aliphatic rings. The summed E-state index contributed by atoms with van der Waals surface area (Å²) in [5.41, 5.74) is 7.88. The standard InChI is InChI=1S/C18H19N5O2/c1-24-15-3-2-13-16(21-15)12(14(10-19)23-22-13)4-5-18-8-6-17(20,7-9-18)11-25-18/h2-5H,6-9,11,20H2,1H3. The van der Waals surface area contributed by atoms with Crippen LogP contribution in [-0.2, 0) is 4.74 Å². The van der Waals surface area contributed by atoms with Gasteiger partial charge >= 0.3 is 0 Å². The molecule has 2 aromatic rings. The zero-order valence-electron chi connectivity index (χ0n) is 14.0. The monoisotopic (exact) mass is 337 g/mol. The summed E-state index contributed by atoms with van der Waals surface area (Å²) in [5, 5.41) is 17.5. The van der Waals surface area contributed by atoms with Crippen molar-refractivity contribution in [1.82, 2.24) is 15.2 Å². The van der Waals surface area contributed by atoms with Crippen LogP contribution in [0.25, 0.3) is 17.1 Å². The molecule has 1 saturated carbocycles. The van der Waals surface area contributed by atoms with Gasteiger partial charge in [0.15, 0.2) is 5.69 Å². The molecule has 4 heterocycles. The van der Waals surface area contributed by atoms with E-state index in [9.17, 15) is 5.26 Å². The lowest BCUT2D eigenvalue weighted by Gasteiger charge is -2.50. The van der Waals surface area contributed by atoms with E-state index in [1.54, 1.807) is 19.2 Å². The van der Waals surface area contributed by atoms with Crippen LogP contribution in [0.3, 0.4) is 0 Å². The highest BCUT2D eigenvalue weighted by Crippen LogP contribution is 2.43. The largest absolute Gasteiger partial charge is 0.481 e. The maximum atomic E-state index is 9.41. The SMILES string of the molecule is COc1ccc2nnc(C#N)c(C=CC34CCC(N)(CC3)CO4)c2n1. The predicted octanol–water partition coefficient (Wildman–Crippen LogP) is 1.96. The zero-order chi connectivity index (χ0) is 17.5. The number of nitrogens with zero attached hydrogens (tertiary/aromatic N) is 4. The first-order chi connectivity index (χ1) is 12.1. The fourth-order valence-corrected chi connectivity index (χ4v) is 3.53. The second-order valence-electron chi connectivity index (χ2n) is 6.84. The molecular weight excluding hydrogens is 318 g/mol. The van der Waals surface area contributed by atoms with Gasteiger partial charge in [0.05, 0.1) is 19.3 Å². The Balaban J connectivity index is 1.77. The lowest BCUT2D eigenvalue weighted by molar-refractivity contribution is -0.123. The van der Waals surface area contributed by atoms with Crippen molar-refractivity contribution in [2.75, 3.05) is 13.7 Å². The second-order valence-corrected chi connectivity index (χ2v) is 6.84. The van der Waals surface area contributed by atoms with E-state index < -0.39 is 0 Å². The van der Waals surface area contributed by atoms with E-state index in [4.69, 9.17) is 15.2 Å². The van der Waals surface area contributed by atoms with Crippen LogP contribution < -0.4 is 10.5 Å². The molecule has 25 heavy (non-hydrogen) atoms. The highest BCUT2D eigenvalue weighted by molar-refractivity contribution is 5.86. The molecular formula is C18H19N5O2. The van der Waals surface area contributed by atoms with Crippen molar-refractivity contribution in [2.24, 2.45) is 5.73 Å². The number of fused-ring (bicyclic) bond motifs is 4. The molecule has 0 unspecified atom stereocenters. The van der Waals surface area contributed by atoms with Crippen LogP contribution in [0, 0.1) is 11.3 Å². The third kappa shape index (κ3) is 2.73. The fraction of sp³-hybridized carbons (Fsp3) is 0.444. The van der Waals surface area contributed by atoms with E-state index in [2.05, 4.69) is 21.3 Å². The third-order valence-electron chi connectivity index (χ3n) is 5.22. The van der Waals surface area contributed by atoms with Crippen molar-refractivity contribution < 1.29 is 9.47 Å². The lowest BCUT2D eigenvalue weighted by atomic mass is 9.71. The number of aromatic nitrogens is 3. The van der Waals surface area contributed by atoms with E-state index in [1.165, 1.54) is 0 Å². The Bertz CT molecular complexity index is 878. The minimum absolute atomic E-state index is 0.173. The Hall–Kier alpha value is -2.56. The van der Waals surface area contributed by atoms with Crippen molar-refractivity contribution in [1.29, 1.82) is 5.26 Å². The Morgan fingerprint density at radius 3 is 2.72 bits per heavy atom. The number of hydrogen-bond donors (Lipinski definition) is 1. The Labute approximate surface area is 145 Å². The van der Waals surface area contributed by atoms with Crippen molar-refractivity contribution >= 4 is 17.1 Å². The average Bonchev–Trinajstić information content (AvgIpc) is 2.66. The summed E-state index contributed by atoms with van der Waals surface area (Å²) >= 11 is 0. The zero-order valence-corrected chi connectivity index (χ0v) is 14.0. The van der Waals surface area contributed by atoms with Gasteiger partial charge in [-0.05, 0) is 31.7 Å². The van der Waals surface area contributed by atoms with Crippen molar-refractivity contribution in [3.8, 4) is 11.9 Å². The molecule has 7 heteroatoms. The number of nitrogens with two attached hydrogens (primary N) is 1. The van der Waals surface area contributed by atoms with Gasteiger partial charge in [0, 0.05) is 17.2 Å². The van der Waals surface area contributed by atoms with Crippen LogP contribution >= 0.6 is 0 Å². The maximum absolute atomic E-state index is 9.41. The minimum atomic E-state index is -0.317. The van der Waals surface area contributed by atoms with Gasteiger partial charge in [-0.15, -0.1) is 10.2 Å². The minimum Gasteiger partial charge on any atom is -0.481 e. The van der Waals surface area contributed by atoms with Crippen LogP contribution in [0.2, 0.25) is 0 Å². The Morgan fingerprint density at radius 2 is 2.08 bits per heavy atom. The Morgan fingerprint density at radius 1 is 1.28 bits per heavy atom. The highest BCUT2D eigenvalue weighted by atomic mass is 16.5. The number of rotatable bonds is 3. The van der Waals surface area contributed by atoms with Gasteiger partial charge in [0.25, 0.3) is 0 Å². The first kappa shape index (κ1) is 15.9. The van der Waals surface area contributed by atoms with Crippen LogP contribution in [0.4, 0.5) is 0 Å². The molecule has 2 N–H and O–H groups in total. The Kier molecular flexibility index (Phi) is 3.67. The summed E-state index contributed by atoms with van der Waals surface area (Å²) in [4.78, 5) is 4.45. The molecule has 1 aliphatic carbocycles. The number of hydrogen-bond acceptors (Lipinski definition) is 7. The molecule has 2 bridgehead atoms. The summed E-state index contributed by atoms with van der Waals surface area (Å²) < 4.78 is 11.2. The first-order valence-electron chi connectivity index (χ1n) is 8.30. The molecule has 0 spiro atoms. The van der Waals surface area contributed by atoms with E-state index >= 15 is 0 Å². The highest BCUT2D eigenvalue weighted by Gasteiger charge is 2.46. The first-order valence-corrected chi connectivity index (χ1v) is 8.30. The second kappa shape index (κ2) is 5.76. The molecule has 2 saturated heterocycles. The molecule has 0 aromatic carbocycles. The number of nitriles is 1. The molecule has 2 aliphatic heterocycles. The summed E-state index contributed by atoms with van der Waals surface area (Å²) in [5.74, 6) is 0.469. The van der Waals surface area contributed by atoms with Gasteiger partial charge < -0.3 is 15.2 Å². The van der Waals surface area contributed by atoms with Crippen LogP contribution in [0.5, 0.6) is 5.88 Å². The van der Waals surface area contributed by atoms with Gasteiger partial charge in [-0.3, -0.25) is 0 Å². The van der Waals surface area contributed by atoms with Gasteiger partial charge in [0.2, 0.25) is 5.88 Å². The summed E-state index contributed by atoms with van der Waals surface area (Å²) in [6.45, 7) is 0.573. The molecule has 7 nitrogen and oxygen atoms in total. The lowest BCUT2D eigenvalue weighted by Crippen LogP contribution is -2.58. The van der Waals surface area contributed by atoms with Crippen molar-refractivity contribution in [2.45, 2.75) is 36.8 Å². The topological polar surface area (TPSA) is 107 Å². The van der Waals surface area contributed by atoms with Crippen LogP contribution in [0.15, 0.2) is 18.2 Å². The van der Waals surface area contributed by atoms with Gasteiger partial charge in [-0.1, -0.05) is 12.2 Å². The van der Waals surface area contributed by atoms with Gasteiger partial charge in [0.1, 0.15) is 17.1 Å². The molecule has 2 aromatic heterocycles. The maximum Gasteiger partial charge on any atom is 0.213 e.